The van der Waals surface area contributed by atoms with Gasteiger partial charge in [0.05, 0.1) is 5.56 Å². The Kier molecular flexibility index (Phi) is 6.54. The fourth-order valence-corrected chi connectivity index (χ4v) is 2.62. The van der Waals surface area contributed by atoms with Gasteiger partial charge in [0.25, 0.3) is 5.91 Å². The van der Waals surface area contributed by atoms with Crippen molar-refractivity contribution in [3.05, 3.63) is 84.2 Å². The second kappa shape index (κ2) is 9.47. The molecule has 1 N–H and O–H groups in total. The van der Waals surface area contributed by atoms with Gasteiger partial charge in [-0.05, 0) is 59.7 Å². The van der Waals surface area contributed by atoms with E-state index >= 15 is 0 Å². The van der Waals surface area contributed by atoms with Crippen molar-refractivity contribution in [1.29, 1.82) is 0 Å². The minimum Gasteiger partial charge on any atom is -0.452 e. The second-order valence-corrected chi connectivity index (χ2v) is 6.33. The first-order valence-corrected chi connectivity index (χ1v) is 9.02. The van der Waals surface area contributed by atoms with Crippen LogP contribution in [0.5, 0.6) is 5.75 Å². The Morgan fingerprint density at radius 3 is 1.97 bits per heavy atom. The average molecular weight is 407 g/mol. The van der Waals surface area contributed by atoms with Gasteiger partial charge in [-0.2, -0.15) is 0 Å². The SMILES string of the molecule is CC(=O)Oc1ccc(-c2ccc(C(=O)OCC(=O)Nc3ccc(F)cc3)cc2)cc1. The predicted molar refractivity (Wildman–Crippen MR) is 108 cm³/mol. The molecule has 1 amide bonds. The lowest BCUT2D eigenvalue weighted by Crippen LogP contribution is -2.20. The van der Waals surface area contributed by atoms with Crippen molar-refractivity contribution in [2.24, 2.45) is 0 Å². The highest BCUT2D eigenvalue weighted by Crippen LogP contribution is 2.23. The molecule has 0 saturated carbocycles. The first-order valence-electron chi connectivity index (χ1n) is 9.02. The Balaban J connectivity index is 1.55. The number of carbonyl (C=O) groups excluding carboxylic acids is 3. The summed E-state index contributed by atoms with van der Waals surface area (Å²) in [5, 5.41) is 2.51. The zero-order valence-electron chi connectivity index (χ0n) is 16.1. The molecule has 0 bridgehead atoms. The lowest BCUT2D eigenvalue weighted by atomic mass is 10.0. The molecule has 0 spiro atoms. The van der Waals surface area contributed by atoms with Gasteiger partial charge < -0.3 is 14.8 Å². The summed E-state index contributed by atoms with van der Waals surface area (Å²) in [6, 6.07) is 18.9. The summed E-state index contributed by atoms with van der Waals surface area (Å²) < 4.78 is 22.9. The summed E-state index contributed by atoms with van der Waals surface area (Å²) in [5.41, 5.74) is 2.44. The number of benzene rings is 3. The standard InChI is InChI=1S/C23H18FNO5/c1-15(26)30-21-12-6-17(7-13-21)16-2-4-18(5-3-16)23(28)29-14-22(27)25-20-10-8-19(24)9-11-20/h2-13H,14H2,1H3,(H,25,27). The Labute approximate surface area is 172 Å². The van der Waals surface area contributed by atoms with E-state index < -0.39 is 30.3 Å². The summed E-state index contributed by atoms with van der Waals surface area (Å²) in [6.45, 7) is 0.869. The number of ether oxygens (including phenoxy) is 2. The van der Waals surface area contributed by atoms with Crippen molar-refractivity contribution in [3.8, 4) is 16.9 Å². The quantitative estimate of drug-likeness (QED) is 0.489. The number of esters is 2. The van der Waals surface area contributed by atoms with Crippen molar-refractivity contribution in [2.45, 2.75) is 6.92 Å². The van der Waals surface area contributed by atoms with E-state index in [1.165, 1.54) is 31.2 Å². The number of anilines is 1. The average Bonchev–Trinajstić information content (AvgIpc) is 2.74. The van der Waals surface area contributed by atoms with Crippen LogP contribution in [0.4, 0.5) is 10.1 Å². The van der Waals surface area contributed by atoms with Gasteiger partial charge in [-0.25, -0.2) is 9.18 Å². The molecule has 6 nitrogen and oxygen atoms in total. The minimum atomic E-state index is -0.638. The van der Waals surface area contributed by atoms with Gasteiger partial charge >= 0.3 is 11.9 Å². The smallest absolute Gasteiger partial charge is 0.338 e. The Bertz CT molecular complexity index is 1040. The lowest BCUT2D eigenvalue weighted by molar-refractivity contribution is -0.131. The number of hydrogen-bond acceptors (Lipinski definition) is 5. The van der Waals surface area contributed by atoms with Crippen LogP contribution in [0.3, 0.4) is 0 Å². The van der Waals surface area contributed by atoms with Gasteiger partial charge in [0.2, 0.25) is 0 Å². The van der Waals surface area contributed by atoms with Crippen molar-refractivity contribution in [2.75, 3.05) is 11.9 Å². The minimum absolute atomic E-state index is 0.296. The van der Waals surface area contributed by atoms with Crippen LogP contribution in [0, 0.1) is 5.82 Å². The molecule has 0 aromatic heterocycles. The highest BCUT2D eigenvalue weighted by molar-refractivity contribution is 5.95. The molecule has 0 saturated heterocycles. The fraction of sp³-hybridized carbons (Fsp3) is 0.0870. The molecular weight excluding hydrogens is 389 g/mol. The van der Waals surface area contributed by atoms with E-state index in [1.807, 2.05) is 0 Å². The van der Waals surface area contributed by atoms with E-state index in [2.05, 4.69) is 5.32 Å². The predicted octanol–water partition coefficient (Wildman–Crippen LogP) is 4.21. The molecule has 0 aliphatic rings. The Morgan fingerprint density at radius 1 is 0.833 bits per heavy atom. The van der Waals surface area contributed by atoms with Gasteiger partial charge in [0.1, 0.15) is 11.6 Å². The van der Waals surface area contributed by atoms with Crippen LogP contribution in [0.15, 0.2) is 72.8 Å². The number of hydrogen-bond donors (Lipinski definition) is 1. The van der Waals surface area contributed by atoms with E-state index in [9.17, 15) is 18.8 Å². The van der Waals surface area contributed by atoms with Crippen LogP contribution in [0.25, 0.3) is 11.1 Å². The first-order chi connectivity index (χ1) is 14.4. The summed E-state index contributed by atoms with van der Waals surface area (Å²) in [7, 11) is 0. The Hall–Kier alpha value is -4.00. The highest BCUT2D eigenvalue weighted by atomic mass is 19.1. The van der Waals surface area contributed by atoms with Crippen LogP contribution in [-0.4, -0.2) is 24.5 Å². The molecular formula is C23H18FNO5. The monoisotopic (exact) mass is 407 g/mol. The van der Waals surface area contributed by atoms with E-state index in [4.69, 9.17) is 9.47 Å². The van der Waals surface area contributed by atoms with Crippen molar-refractivity contribution in [1.82, 2.24) is 0 Å². The number of rotatable bonds is 6. The third-order valence-corrected chi connectivity index (χ3v) is 4.03. The van der Waals surface area contributed by atoms with E-state index in [-0.39, 0.29) is 0 Å². The summed E-state index contributed by atoms with van der Waals surface area (Å²) >= 11 is 0. The van der Waals surface area contributed by atoms with E-state index in [0.717, 1.165) is 11.1 Å². The first kappa shape index (κ1) is 20.7. The summed E-state index contributed by atoms with van der Waals surface area (Å²) in [5.74, 6) is -1.52. The molecule has 7 heteroatoms. The van der Waals surface area contributed by atoms with Gasteiger partial charge in [-0.3, -0.25) is 9.59 Å². The molecule has 3 aromatic carbocycles. The van der Waals surface area contributed by atoms with E-state index in [0.29, 0.717) is 17.0 Å². The third kappa shape index (κ3) is 5.75. The van der Waals surface area contributed by atoms with Crippen LogP contribution in [-0.2, 0) is 14.3 Å². The molecule has 0 radical (unpaired) electrons. The molecule has 0 atom stereocenters. The normalized spacial score (nSPS) is 10.2. The maximum Gasteiger partial charge on any atom is 0.338 e. The summed E-state index contributed by atoms with van der Waals surface area (Å²) in [6.07, 6.45) is 0. The molecule has 0 fully saturated rings. The number of halogens is 1. The largest absolute Gasteiger partial charge is 0.452 e. The molecule has 0 unspecified atom stereocenters. The van der Waals surface area contributed by atoms with Crippen LogP contribution in [0.2, 0.25) is 0 Å². The second-order valence-electron chi connectivity index (χ2n) is 6.33. The topological polar surface area (TPSA) is 81.7 Å². The lowest BCUT2D eigenvalue weighted by Gasteiger charge is -2.08. The summed E-state index contributed by atoms with van der Waals surface area (Å²) in [4.78, 5) is 35.0. The highest BCUT2D eigenvalue weighted by Gasteiger charge is 2.11. The third-order valence-electron chi connectivity index (χ3n) is 4.03. The van der Waals surface area contributed by atoms with Crippen LogP contribution < -0.4 is 10.1 Å². The van der Waals surface area contributed by atoms with Gasteiger partial charge in [0.15, 0.2) is 6.61 Å². The van der Waals surface area contributed by atoms with Gasteiger partial charge in [-0.15, -0.1) is 0 Å². The maximum absolute atomic E-state index is 12.9. The number of carbonyl (C=O) groups is 3. The van der Waals surface area contributed by atoms with Gasteiger partial charge in [-0.1, -0.05) is 24.3 Å². The molecule has 0 heterocycles. The number of nitrogens with one attached hydrogen (secondary N) is 1. The fourth-order valence-electron chi connectivity index (χ4n) is 2.62. The van der Waals surface area contributed by atoms with Crippen molar-refractivity contribution >= 4 is 23.5 Å². The Morgan fingerprint density at radius 2 is 1.40 bits per heavy atom. The zero-order chi connectivity index (χ0) is 21.5. The van der Waals surface area contributed by atoms with Crippen molar-refractivity contribution < 1.29 is 28.2 Å². The molecule has 30 heavy (non-hydrogen) atoms. The van der Waals surface area contributed by atoms with Crippen LogP contribution >= 0.6 is 0 Å². The maximum atomic E-state index is 12.9. The van der Waals surface area contributed by atoms with Crippen molar-refractivity contribution in [3.63, 3.8) is 0 Å². The zero-order valence-corrected chi connectivity index (χ0v) is 16.1. The van der Waals surface area contributed by atoms with Crippen LogP contribution in [0.1, 0.15) is 17.3 Å². The number of amides is 1. The molecule has 0 aliphatic heterocycles. The van der Waals surface area contributed by atoms with Gasteiger partial charge in [0, 0.05) is 12.6 Å². The molecule has 0 aliphatic carbocycles. The molecule has 3 rings (SSSR count). The molecule has 152 valence electrons. The van der Waals surface area contributed by atoms with E-state index in [1.54, 1.807) is 48.5 Å². The molecule has 3 aromatic rings.